The van der Waals surface area contributed by atoms with E-state index in [0.717, 1.165) is 16.5 Å². The van der Waals surface area contributed by atoms with E-state index in [9.17, 15) is 9.18 Å². The molecule has 1 N–H and O–H groups in total. The van der Waals surface area contributed by atoms with Crippen molar-refractivity contribution in [1.29, 1.82) is 0 Å². The van der Waals surface area contributed by atoms with Crippen LogP contribution >= 0.6 is 0 Å². The van der Waals surface area contributed by atoms with Crippen LogP contribution in [-0.4, -0.2) is 25.0 Å². The van der Waals surface area contributed by atoms with Gasteiger partial charge in [-0.15, -0.1) is 5.10 Å². The van der Waals surface area contributed by atoms with E-state index in [2.05, 4.69) is 20.3 Å². The van der Waals surface area contributed by atoms with Gasteiger partial charge in [-0.2, -0.15) is 0 Å². The number of hydrogen-bond acceptors (Lipinski definition) is 4. The molecule has 3 heterocycles. The average Bonchev–Trinajstić information content (AvgIpc) is 3.10. The molecule has 0 saturated carbocycles. The van der Waals surface area contributed by atoms with Gasteiger partial charge in [0, 0.05) is 17.1 Å². The standard InChI is InChI=1S/C21H14FN5O/c22-16-3-1-2-14(11-16)18-7-8-19-21(24-18)27(26-25-19)12-13-4-6-17-15(10-13)5-9-20(28)23-17/h1-11H,12H2,(H,23,28). The number of nitrogens with one attached hydrogen (secondary N) is 1. The molecule has 0 saturated heterocycles. The Labute approximate surface area is 158 Å². The van der Waals surface area contributed by atoms with E-state index in [1.54, 1.807) is 16.8 Å². The average molecular weight is 371 g/mol. The van der Waals surface area contributed by atoms with Crippen LogP contribution in [0.1, 0.15) is 5.56 Å². The summed E-state index contributed by atoms with van der Waals surface area (Å²) in [6.45, 7) is 0.477. The highest BCUT2D eigenvalue weighted by Crippen LogP contribution is 2.21. The molecular formula is C21H14FN5O. The number of aromatic nitrogens is 5. The smallest absolute Gasteiger partial charge is 0.248 e. The molecule has 0 radical (unpaired) electrons. The van der Waals surface area contributed by atoms with Crippen molar-refractivity contribution in [2.45, 2.75) is 6.54 Å². The molecule has 0 aliphatic heterocycles. The van der Waals surface area contributed by atoms with Crippen LogP contribution in [0.15, 0.2) is 71.5 Å². The minimum atomic E-state index is -0.305. The van der Waals surface area contributed by atoms with Crippen LogP contribution in [0.2, 0.25) is 0 Å². The van der Waals surface area contributed by atoms with Gasteiger partial charge in [-0.1, -0.05) is 23.4 Å². The second-order valence-electron chi connectivity index (χ2n) is 6.54. The number of benzene rings is 2. The fraction of sp³-hybridized carbons (Fsp3) is 0.0476. The Kier molecular flexibility index (Phi) is 3.72. The van der Waals surface area contributed by atoms with E-state index in [0.29, 0.717) is 29.0 Å². The minimum absolute atomic E-state index is 0.128. The molecule has 0 fully saturated rings. The molecule has 5 aromatic rings. The van der Waals surface area contributed by atoms with Gasteiger partial charge in [0.05, 0.1) is 12.2 Å². The van der Waals surface area contributed by atoms with Crippen LogP contribution in [0, 0.1) is 5.82 Å². The highest BCUT2D eigenvalue weighted by Gasteiger charge is 2.10. The number of aromatic amines is 1. The van der Waals surface area contributed by atoms with Crippen LogP contribution in [0.3, 0.4) is 0 Å². The molecule has 3 aromatic heterocycles. The number of nitrogens with zero attached hydrogens (tertiary/aromatic N) is 4. The lowest BCUT2D eigenvalue weighted by Crippen LogP contribution is -2.05. The molecule has 0 spiro atoms. The van der Waals surface area contributed by atoms with Crippen molar-refractivity contribution in [2.24, 2.45) is 0 Å². The Morgan fingerprint density at radius 2 is 1.93 bits per heavy atom. The van der Waals surface area contributed by atoms with Crippen LogP contribution in [0.4, 0.5) is 4.39 Å². The second kappa shape index (κ2) is 6.38. The van der Waals surface area contributed by atoms with Crippen molar-refractivity contribution in [3.05, 3.63) is 88.5 Å². The van der Waals surface area contributed by atoms with Crippen molar-refractivity contribution in [3.8, 4) is 11.3 Å². The summed E-state index contributed by atoms with van der Waals surface area (Å²) in [5.74, 6) is -0.305. The van der Waals surface area contributed by atoms with Gasteiger partial charge in [0.1, 0.15) is 11.3 Å². The lowest BCUT2D eigenvalue weighted by molar-refractivity contribution is 0.628. The van der Waals surface area contributed by atoms with Crippen molar-refractivity contribution < 1.29 is 4.39 Å². The van der Waals surface area contributed by atoms with Gasteiger partial charge in [-0.3, -0.25) is 4.79 Å². The summed E-state index contributed by atoms with van der Waals surface area (Å²) in [6, 6.07) is 19.1. The molecule has 0 aliphatic rings. The minimum Gasteiger partial charge on any atom is -0.322 e. The molecule has 2 aromatic carbocycles. The summed E-state index contributed by atoms with van der Waals surface area (Å²) in [6.07, 6.45) is 0. The van der Waals surface area contributed by atoms with Crippen molar-refractivity contribution in [2.75, 3.05) is 0 Å². The first-order chi connectivity index (χ1) is 13.7. The van der Waals surface area contributed by atoms with Gasteiger partial charge in [-0.05, 0) is 53.4 Å². The van der Waals surface area contributed by atoms with Gasteiger partial charge in [0.25, 0.3) is 0 Å². The van der Waals surface area contributed by atoms with Gasteiger partial charge in [0.2, 0.25) is 5.56 Å². The summed E-state index contributed by atoms with van der Waals surface area (Å²) in [4.78, 5) is 18.9. The van der Waals surface area contributed by atoms with E-state index in [4.69, 9.17) is 0 Å². The van der Waals surface area contributed by atoms with E-state index >= 15 is 0 Å². The summed E-state index contributed by atoms with van der Waals surface area (Å²) >= 11 is 0. The second-order valence-corrected chi connectivity index (χ2v) is 6.54. The van der Waals surface area contributed by atoms with Gasteiger partial charge < -0.3 is 4.98 Å². The summed E-state index contributed by atoms with van der Waals surface area (Å²) in [5, 5.41) is 9.32. The molecule has 6 nitrogen and oxygen atoms in total. The summed E-state index contributed by atoms with van der Waals surface area (Å²) in [7, 11) is 0. The number of rotatable bonds is 3. The summed E-state index contributed by atoms with van der Waals surface area (Å²) in [5.41, 5.74) is 4.32. The third kappa shape index (κ3) is 2.92. The molecule has 0 aliphatic carbocycles. The van der Waals surface area contributed by atoms with E-state index in [-0.39, 0.29) is 11.4 Å². The highest BCUT2D eigenvalue weighted by atomic mass is 19.1. The summed E-state index contributed by atoms with van der Waals surface area (Å²) < 4.78 is 15.3. The molecule has 0 bridgehead atoms. The normalized spacial score (nSPS) is 11.3. The topological polar surface area (TPSA) is 76.5 Å². The number of pyridine rings is 2. The third-order valence-corrected chi connectivity index (χ3v) is 4.60. The molecular weight excluding hydrogens is 357 g/mol. The van der Waals surface area contributed by atoms with Gasteiger partial charge in [0.15, 0.2) is 5.65 Å². The Morgan fingerprint density at radius 1 is 1.00 bits per heavy atom. The molecule has 0 amide bonds. The maximum atomic E-state index is 13.5. The Hall–Kier alpha value is -3.87. The number of halogens is 1. The first-order valence-corrected chi connectivity index (χ1v) is 8.74. The van der Waals surface area contributed by atoms with Crippen molar-refractivity contribution in [3.63, 3.8) is 0 Å². The van der Waals surface area contributed by atoms with E-state index in [1.807, 2.05) is 36.4 Å². The van der Waals surface area contributed by atoms with Crippen LogP contribution in [0.5, 0.6) is 0 Å². The highest BCUT2D eigenvalue weighted by molar-refractivity contribution is 5.79. The Bertz CT molecular complexity index is 1390. The number of hydrogen-bond donors (Lipinski definition) is 1. The van der Waals surface area contributed by atoms with Crippen molar-refractivity contribution >= 4 is 22.1 Å². The van der Waals surface area contributed by atoms with Crippen LogP contribution in [0.25, 0.3) is 33.3 Å². The molecule has 136 valence electrons. The molecule has 7 heteroatoms. The number of fused-ring (bicyclic) bond motifs is 2. The zero-order chi connectivity index (χ0) is 19.1. The molecule has 0 unspecified atom stereocenters. The Morgan fingerprint density at radius 3 is 2.82 bits per heavy atom. The fourth-order valence-electron chi connectivity index (χ4n) is 3.24. The van der Waals surface area contributed by atoms with E-state index < -0.39 is 0 Å². The quantitative estimate of drug-likeness (QED) is 0.526. The SMILES string of the molecule is O=c1ccc2cc(Cn3nnc4ccc(-c5cccc(F)c5)nc43)ccc2[nH]1. The lowest BCUT2D eigenvalue weighted by Gasteiger charge is -2.06. The molecule has 0 atom stereocenters. The monoisotopic (exact) mass is 371 g/mol. The predicted octanol–water partition coefficient (Wildman–Crippen LogP) is 3.52. The van der Waals surface area contributed by atoms with Crippen molar-refractivity contribution in [1.82, 2.24) is 25.0 Å². The maximum absolute atomic E-state index is 13.5. The first-order valence-electron chi connectivity index (χ1n) is 8.74. The zero-order valence-electron chi connectivity index (χ0n) is 14.6. The Balaban J connectivity index is 1.55. The third-order valence-electron chi connectivity index (χ3n) is 4.60. The molecule has 28 heavy (non-hydrogen) atoms. The maximum Gasteiger partial charge on any atom is 0.248 e. The van der Waals surface area contributed by atoms with Gasteiger partial charge in [-0.25, -0.2) is 14.1 Å². The fourth-order valence-corrected chi connectivity index (χ4v) is 3.24. The lowest BCUT2D eigenvalue weighted by atomic mass is 10.1. The first kappa shape index (κ1) is 16.3. The number of H-pyrrole nitrogens is 1. The largest absolute Gasteiger partial charge is 0.322 e. The van der Waals surface area contributed by atoms with Gasteiger partial charge >= 0.3 is 0 Å². The predicted molar refractivity (Wildman–Crippen MR) is 104 cm³/mol. The molecule has 5 rings (SSSR count). The van der Waals surface area contributed by atoms with Crippen LogP contribution in [-0.2, 0) is 6.54 Å². The zero-order valence-corrected chi connectivity index (χ0v) is 14.6. The van der Waals surface area contributed by atoms with Crippen LogP contribution < -0.4 is 5.56 Å². The van der Waals surface area contributed by atoms with E-state index in [1.165, 1.54) is 18.2 Å².